The lowest BCUT2D eigenvalue weighted by molar-refractivity contribution is -0.128. The van der Waals surface area contributed by atoms with E-state index in [1.54, 1.807) is 54.5 Å². The first-order chi connectivity index (χ1) is 13.6. The SMILES string of the molecule is CC(C(=O)NCc1ccco1)N1C(=O)C2CCCCN2C(=O)c2ccccc21. The molecule has 0 radical (unpaired) electrons. The largest absolute Gasteiger partial charge is 0.467 e. The molecule has 4 rings (SSSR count). The topological polar surface area (TPSA) is 82.9 Å². The van der Waals surface area contributed by atoms with Crippen molar-refractivity contribution in [2.24, 2.45) is 0 Å². The summed E-state index contributed by atoms with van der Waals surface area (Å²) in [7, 11) is 0. The van der Waals surface area contributed by atoms with Crippen LogP contribution in [0.15, 0.2) is 47.1 Å². The van der Waals surface area contributed by atoms with E-state index >= 15 is 0 Å². The lowest BCUT2D eigenvalue weighted by Gasteiger charge is -2.35. The number of para-hydroxylation sites is 1. The maximum atomic E-state index is 13.4. The second-order valence-electron chi connectivity index (χ2n) is 7.21. The van der Waals surface area contributed by atoms with Gasteiger partial charge in [-0.1, -0.05) is 12.1 Å². The van der Waals surface area contributed by atoms with E-state index in [2.05, 4.69) is 5.32 Å². The zero-order chi connectivity index (χ0) is 19.7. The molecule has 2 aliphatic heterocycles. The van der Waals surface area contributed by atoms with Gasteiger partial charge in [0.2, 0.25) is 5.91 Å². The van der Waals surface area contributed by atoms with Crippen molar-refractivity contribution in [3.8, 4) is 0 Å². The summed E-state index contributed by atoms with van der Waals surface area (Å²) in [6.45, 7) is 2.50. The first-order valence-corrected chi connectivity index (χ1v) is 9.61. The molecule has 1 saturated heterocycles. The van der Waals surface area contributed by atoms with Crippen molar-refractivity contribution in [1.82, 2.24) is 10.2 Å². The molecule has 7 heteroatoms. The summed E-state index contributed by atoms with van der Waals surface area (Å²) in [4.78, 5) is 42.4. The van der Waals surface area contributed by atoms with Crippen molar-refractivity contribution < 1.29 is 18.8 Å². The maximum absolute atomic E-state index is 13.4. The number of benzene rings is 1. The van der Waals surface area contributed by atoms with Crippen molar-refractivity contribution in [3.05, 3.63) is 54.0 Å². The van der Waals surface area contributed by atoms with Gasteiger partial charge in [-0.3, -0.25) is 19.3 Å². The van der Waals surface area contributed by atoms with E-state index in [0.717, 1.165) is 12.8 Å². The number of carbonyl (C=O) groups excluding carboxylic acids is 3. The Morgan fingerprint density at radius 3 is 2.82 bits per heavy atom. The molecule has 28 heavy (non-hydrogen) atoms. The van der Waals surface area contributed by atoms with Gasteiger partial charge in [-0.2, -0.15) is 0 Å². The van der Waals surface area contributed by atoms with Crippen LogP contribution in [0.4, 0.5) is 5.69 Å². The molecule has 2 aromatic rings. The first-order valence-electron chi connectivity index (χ1n) is 9.61. The molecular formula is C21H23N3O4. The lowest BCUT2D eigenvalue weighted by Crippen LogP contribution is -2.55. The normalized spacial score (nSPS) is 20.2. The molecule has 0 saturated carbocycles. The standard InChI is InChI=1S/C21H23N3O4/c1-14(19(25)22-13-15-7-6-12-28-15)24-17-9-3-2-8-16(17)20(26)23-11-5-4-10-18(23)21(24)27/h2-3,6-9,12,14,18H,4-5,10-11,13H2,1H3,(H,22,25). The minimum absolute atomic E-state index is 0.139. The number of nitrogens with zero attached hydrogens (tertiary/aromatic N) is 2. The molecule has 0 aliphatic carbocycles. The zero-order valence-electron chi connectivity index (χ0n) is 15.8. The quantitative estimate of drug-likeness (QED) is 0.881. The van der Waals surface area contributed by atoms with Gasteiger partial charge in [0.25, 0.3) is 11.8 Å². The van der Waals surface area contributed by atoms with Crippen LogP contribution in [0.2, 0.25) is 0 Å². The Kier molecular flexibility index (Phi) is 4.90. The summed E-state index contributed by atoms with van der Waals surface area (Å²) in [5.74, 6) is 0.00558. The van der Waals surface area contributed by atoms with Crippen molar-refractivity contribution in [1.29, 1.82) is 0 Å². The van der Waals surface area contributed by atoms with Crippen LogP contribution >= 0.6 is 0 Å². The molecule has 3 amide bonds. The number of amides is 3. The fourth-order valence-corrected chi connectivity index (χ4v) is 3.98. The highest BCUT2D eigenvalue weighted by Gasteiger charge is 2.43. The third-order valence-electron chi connectivity index (χ3n) is 5.46. The summed E-state index contributed by atoms with van der Waals surface area (Å²) < 4.78 is 5.24. The van der Waals surface area contributed by atoms with E-state index in [-0.39, 0.29) is 24.3 Å². The average Bonchev–Trinajstić information content (AvgIpc) is 3.22. The number of piperidine rings is 1. The summed E-state index contributed by atoms with van der Waals surface area (Å²) >= 11 is 0. The fraction of sp³-hybridized carbons (Fsp3) is 0.381. The Bertz CT molecular complexity index is 893. The van der Waals surface area contributed by atoms with Gasteiger partial charge in [-0.25, -0.2) is 0 Å². The van der Waals surface area contributed by atoms with Gasteiger partial charge in [-0.15, -0.1) is 0 Å². The van der Waals surface area contributed by atoms with Crippen LogP contribution in [0.1, 0.15) is 42.3 Å². The van der Waals surface area contributed by atoms with E-state index in [9.17, 15) is 14.4 Å². The van der Waals surface area contributed by atoms with Crippen LogP contribution in [0, 0.1) is 0 Å². The van der Waals surface area contributed by atoms with Crippen molar-refractivity contribution in [2.45, 2.75) is 44.8 Å². The monoisotopic (exact) mass is 381 g/mol. The fourth-order valence-electron chi connectivity index (χ4n) is 3.98. The maximum Gasteiger partial charge on any atom is 0.256 e. The number of nitrogens with one attached hydrogen (secondary N) is 1. The van der Waals surface area contributed by atoms with Crippen molar-refractivity contribution >= 4 is 23.4 Å². The summed E-state index contributed by atoms with van der Waals surface area (Å²) in [5.41, 5.74) is 0.957. The molecule has 0 bridgehead atoms. The molecule has 146 valence electrons. The Hall–Kier alpha value is -3.09. The predicted molar refractivity (Wildman–Crippen MR) is 103 cm³/mol. The highest BCUT2D eigenvalue weighted by Crippen LogP contribution is 2.33. The van der Waals surface area contributed by atoms with E-state index in [1.165, 1.54) is 4.90 Å². The van der Waals surface area contributed by atoms with Crippen LogP contribution in [-0.2, 0) is 16.1 Å². The van der Waals surface area contributed by atoms with E-state index in [4.69, 9.17) is 4.42 Å². The van der Waals surface area contributed by atoms with Crippen LogP contribution in [-0.4, -0.2) is 41.2 Å². The number of furan rings is 1. The van der Waals surface area contributed by atoms with E-state index in [1.807, 2.05) is 0 Å². The minimum Gasteiger partial charge on any atom is -0.467 e. The molecule has 2 atom stereocenters. The Morgan fingerprint density at radius 1 is 1.21 bits per heavy atom. The van der Waals surface area contributed by atoms with Gasteiger partial charge in [0.1, 0.15) is 17.8 Å². The molecule has 1 aromatic heterocycles. The van der Waals surface area contributed by atoms with Crippen LogP contribution in [0.25, 0.3) is 0 Å². The molecule has 2 aliphatic rings. The molecular weight excluding hydrogens is 358 g/mol. The molecule has 1 fully saturated rings. The molecule has 7 nitrogen and oxygen atoms in total. The molecule has 1 aromatic carbocycles. The summed E-state index contributed by atoms with van der Waals surface area (Å²) in [6.07, 6.45) is 3.94. The van der Waals surface area contributed by atoms with Gasteiger partial charge < -0.3 is 14.6 Å². The highest BCUT2D eigenvalue weighted by atomic mass is 16.3. The van der Waals surface area contributed by atoms with E-state index in [0.29, 0.717) is 30.0 Å². The smallest absolute Gasteiger partial charge is 0.256 e. The van der Waals surface area contributed by atoms with Gasteiger partial charge in [0.05, 0.1) is 24.1 Å². The third-order valence-corrected chi connectivity index (χ3v) is 5.46. The molecule has 3 heterocycles. The Labute approximate surface area is 163 Å². The number of anilines is 1. The van der Waals surface area contributed by atoms with Crippen molar-refractivity contribution in [3.63, 3.8) is 0 Å². The number of rotatable bonds is 4. The van der Waals surface area contributed by atoms with E-state index < -0.39 is 12.1 Å². The van der Waals surface area contributed by atoms with Gasteiger partial charge in [0.15, 0.2) is 0 Å². The molecule has 1 N–H and O–H groups in total. The summed E-state index contributed by atoms with van der Waals surface area (Å²) in [6, 6.07) is 9.28. The van der Waals surface area contributed by atoms with Gasteiger partial charge in [-0.05, 0) is 50.5 Å². The van der Waals surface area contributed by atoms with Gasteiger partial charge in [0, 0.05) is 6.54 Å². The Morgan fingerprint density at radius 2 is 2.04 bits per heavy atom. The number of fused-ring (bicyclic) bond motifs is 2. The van der Waals surface area contributed by atoms with Crippen molar-refractivity contribution in [2.75, 3.05) is 11.4 Å². The van der Waals surface area contributed by atoms with Crippen LogP contribution < -0.4 is 10.2 Å². The van der Waals surface area contributed by atoms with Crippen LogP contribution in [0.3, 0.4) is 0 Å². The Balaban J connectivity index is 1.65. The number of carbonyl (C=O) groups is 3. The number of hydrogen-bond acceptors (Lipinski definition) is 4. The molecule has 0 spiro atoms. The van der Waals surface area contributed by atoms with Crippen LogP contribution in [0.5, 0.6) is 0 Å². The second-order valence-corrected chi connectivity index (χ2v) is 7.21. The highest BCUT2D eigenvalue weighted by molar-refractivity contribution is 6.13. The lowest BCUT2D eigenvalue weighted by atomic mass is 10.0. The van der Waals surface area contributed by atoms with Gasteiger partial charge >= 0.3 is 0 Å². The minimum atomic E-state index is -0.752. The second kappa shape index (κ2) is 7.50. The predicted octanol–water partition coefficient (Wildman–Crippen LogP) is 2.33. The number of hydrogen-bond donors (Lipinski definition) is 1. The third kappa shape index (κ3) is 3.17. The summed E-state index contributed by atoms with van der Waals surface area (Å²) in [5, 5.41) is 2.81. The first kappa shape index (κ1) is 18.3. The molecule has 2 unspecified atom stereocenters. The zero-order valence-corrected chi connectivity index (χ0v) is 15.8. The average molecular weight is 381 g/mol.